The molecule has 0 spiro atoms. The number of rotatable bonds is 3. The predicted octanol–water partition coefficient (Wildman–Crippen LogP) is 4.67. The molecule has 152 valence electrons. The maximum absolute atomic E-state index is 5.12. The number of fused-ring (bicyclic) bond motifs is 3. The Morgan fingerprint density at radius 1 is 1.00 bits per heavy atom. The molecule has 0 unspecified atom stereocenters. The van der Waals surface area contributed by atoms with Crippen LogP contribution in [0.5, 0.6) is 0 Å². The summed E-state index contributed by atoms with van der Waals surface area (Å²) >= 11 is 1.87. The number of aryl methyl sites for hydroxylation is 2. The van der Waals surface area contributed by atoms with Crippen LogP contribution in [-0.2, 0) is 12.8 Å². The molecular weight excluding hydrogens is 392 g/mol. The van der Waals surface area contributed by atoms with Gasteiger partial charge in [-0.15, -0.1) is 11.3 Å². The number of pyridine rings is 1. The van der Waals surface area contributed by atoms with Crippen LogP contribution in [0.15, 0.2) is 43.0 Å². The van der Waals surface area contributed by atoms with Gasteiger partial charge in [0.2, 0.25) is 0 Å². The van der Waals surface area contributed by atoms with Crippen molar-refractivity contribution in [2.45, 2.75) is 44.6 Å². The molecule has 0 bridgehead atoms. The third-order valence-electron chi connectivity index (χ3n) is 6.38. The lowest BCUT2D eigenvalue weighted by Gasteiger charge is -2.33. The molecule has 7 heteroatoms. The van der Waals surface area contributed by atoms with Crippen molar-refractivity contribution < 1.29 is 0 Å². The van der Waals surface area contributed by atoms with E-state index in [1.165, 1.54) is 35.1 Å². The summed E-state index contributed by atoms with van der Waals surface area (Å²) in [5.41, 5.74) is 2.49. The number of hydrogen-bond acceptors (Lipinski definition) is 6. The summed E-state index contributed by atoms with van der Waals surface area (Å²) < 4.78 is 2.11. The SMILES string of the molecule is c1cncc(-c2nc(N3CCC(n4cccn4)CC3)c3c4c(sc3n2)CCCC4)c1. The van der Waals surface area contributed by atoms with Gasteiger partial charge in [-0.05, 0) is 62.3 Å². The van der Waals surface area contributed by atoms with E-state index in [2.05, 4.69) is 31.9 Å². The van der Waals surface area contributed by atoms with Crippen LogP contribution in [0.2, 0.25) is 0 Å². The Morgan fingerprint density at radius 2 is 1.90 bits per heavy atom. The maximum Gasteiger partial charge on any atom is 0.164 e. The van der Waals surface area contributed by atoms with Gasteiger partial charge >= 0.3 is 0 Å². The third kappa shape index (κ3) is 3.08. The summed E-state index contributed by atoms with van der Waals surface area (Å²) in [7, 11) is 0. The Labute approximate surface area is 179 Å². The number of hydrogen-bond donors (Lipinski definition) is 0. The van der Waals surface area contributed by atoms with E-state index in [0.29, 0.717) is 6.04 Å². The molecule has 6 rings (SSSR count). The van der Waals surface area contributed by atoms with E-state index in [1.54, 1.807) is 6.20 Å². The zero-order valence-electron chi connectivity index (χ0n) is 16.9. The number of aromatic nitrogens is 5. The monoisotopic (exact) mass is 416 g/mol. The second-order valence-corrected chi connectivity index (χ2v) is 9.29. The van der Waals surface area contributed by atoms with Crippen LogP contribution in [0.25, 0.3) is 21.6 Å². The standard InChI is InChI=1S/C23H24N6S/c1-2-7-19-18(6-1)20-22(28-13-8-17(9-14-28)29-12-4-11-25-29)26-21(27-23(20)30-19)16-5-3-10-24-15-16/h3-5,10-12,15,17H,1-2,6-9,13-14H2. The third-order valence-corrected chi connectivity index (χ3v) is 7.56. The molecule has 0 N–H and O–H groups in total. The first kappa shape index (κ1) is 18.0. The molecule has 0 aromatic carbocycles. The first-order valence-electron chi connectivity index (χ1n) is 10.8. The first-order valence-corrected chi connectivity index (χ1v) is 11.7. The molecule has 1 aliphatic carbocycles. The molecule has 4 aromatic heterocycles. The van der Waals surface area contributed by atoms with Crippen molar-refractivity contribution >= 4 is 27.4 Å². The fraction of sp³-hybridized carbons (Fsp3) is 0.391. The van der Waals surface area contributed by atoms with Crippen molar-refractivity contribution in [3.63, 3.8) is 0 Å². The minimum absolute atomic E-state index is 0.475. The Balaban J connectivity index is 1.42. The average molecular weight is 417 g/mol. The van der Waals surface area contributed by atoms with Gasteiger partial charge in [-0.3, -0.25) is 9.67 Å². The number of piperidine rings is 1. The van der Waals surface area contributed by atoms with Crippen LogP contribution in [0.1, 0.15) is 42.2 Å². The van der Waals surface area contributed by atoms with Gasteiger partial charge in [-0.25, -0.2) is 9.97 Å². The van der Waals surface area contributed by atoms with Crippen LogP contribution < -0.4 is 4.90 Å². The lowest BCUT2D eigenvalue weighted by atomic mass is 9.96. The number of anilines is 1. The zero-order chi connectivity index (χ0) is 19.9. The highest BCUT2D eigenvalue weighted by Crippen LogP contribution is 2.41. The van der Waals surface area contributed by atoms with Gasteiger partial charge in [-0.1, -0.05) is 0 Å². The molecule has 4 aromatic rings. The van der Waals surface area contributed by atoms with E-state index in [4.69, 9.17) is 9.97 Å². The minimum Gasteiger partial charge on any atom is -0.356 e. The summed E-state index contributed by atoms with van der Waals surface area (Å²) in [5, 5.41) is 5.76. The van der Waals surface area contributed by atoms with Gasteiger partial charge in [0.05, 0.1) is 11.4 Å². The van der Waals surface area contributed by atoms with Gasteiger partial charge in [0, 0.05) is 48.3 Å². The molecular formula is C23H24N6S. The first-order chi connectivity index (χ1) is 14.9. The fourth-order valence-corrected chi connectivity index (χ4v) is 6.09. The Kier molecular flexibility index (Phi) is 4.48. The van der Waals surface area contributed by atoms with Gasteiger partial charge in [0.1, 0.15) is 10.6 Å². The smallest absolute Gasteiger partial charge is 0.164 e. The molecule has 1 fully saturated rings. The average Bonchev–Trinajstić information content (AvgIpc) is 3.47. The van der Waals surface area contributed by atoms with Crippen molar-refractivity contribution in [1.82, 2.24) is 24.7 Å². The van der Waals surface area contributed by atoms with Crippen LogP contribution in [0, 0.1) is 0 Å². The van der Waals surface area contributed by atoms with Gasteiger partial charge in [-0.2, -0.15) is 5.10 Å². The molecule has 0 radical (unpaired) electrons. The highest BCUT2D eigenvalue weighted by molar-refractivity contribution is 7.19. The number of thiophene rings is 1. The summed E-state index contributed by atoms with van der Waals surface area (Å²) in [6, 6.07) is 6.49. The normalized spacial score (nSPS) is 17.4. The van der Waals surface area contributed by atoms with E-state index >= 15 is 0 Å². The van der Waals surface area contributed by atoms with Gasteiger partial charge in [0.15, 0.2) is 5.82 Å². The van der Waals surface area contributed by atoms with Crippen molar-refractivity contribution in [3.05, 3.63) is 53.4 Å². The Morgan fingerprint density at radius 3 is 2.70 bits per heavy atom. The van der Waals surface area contributed by atoms with Crippen LogP contribution in [0.4, 0.5) is 5.82 Å². The zero-order valence-corrected chi connectivity index (χ0v) is 17.7. The minimum atomic E-state index is 0.475. The van der Waals surface area contributed by atoms with E-state index in [1.807, 2.05) is 35.9 Å². The maximum atomic E-state index is 5.12. The predicted molar refractivity (Wildman–Crippen MR) is 120 cm³/mol. The number of nitrogens with zero attached hydrogens (tertiary/aromatic N) is 6. The van der Waals surface area contributed by atoms with Crippen LogP contribution in [0.3, 0.4) is 0 Å². The van der Waals surface area contributed by atoms with Crippen LogP contribution in [-0.4, -0.2) is 37.8 Å². The second-order valence-electron chi connectivity index (χ2n) is 8.21. The van der Waals surface area contributed by atoms with Crippen molar-refractivity contribution in [2.24, 2.45) is 0 Å². The quantitative estimate of drug-likeness (QED) is 0.486. The van der Waals surface area contributed by atoms with Gasteiger partial charge < -0.3 is 4.90 Å². The molecule has 30 heavy (non-hydrogen) atoms. The van der Waals surface area contributed by atoms with E-state index in [9.17, 15) is 0 Å². The van der Waals surface area contributed by atoms with Crippen molar-refractivity contribution in [2.75, 3.05) is 18.0 Å². The topological polar surface area (TPSA) is 59.7 Å². The van der Waals surface area contributed by atoms with E-state index in [0.717, 1.165) is 54.4 Å². The molecule has 0 amide bonds. The fourth-order valence-electron chi connectivity index (χ4n) is 4.83. The highest BCUT2D eigenvalue weighted by Gasteiger charge is 2.27. The van der Waals surface area contributed by atoms with Crippen molar-refractivity contribution in [1.29, 1.82) is 0 Å². The van der Waals surface area contributed by atoms with Crippen molar-refractivity contribution in [3.8, 4) is 11.4 Å². The van der Waals surface area contributed by atoms with E-state index < -0.39 is 0 Å². The molecule has 1 aliphatic heterocycles. The molecule has 0 saturated carbocycles. The van der Waals surface area contributed by atoms with Crippen LogP contribution >= 0.6 is 11.3 Å². The van der Waals surface area contributed by atoms with Gasteiger partial charge in [0.25, 0.3) is 0 Å². The Bertz CT molecular complexity index is 1160. The summed E-state index contributed by atoms with van der Waals surface area (Å²) in [5.74, 6) is 1.91. The molecule has 5 heterocycles. The summed E-state index contributed by atoms with van der Waals surface area (Å²) in [4.78, 5) is 19.5. The highest BCUT2D eigenvalue weighted by atomic mass is 32.1. The molecule has 6 nitrogen and oxygen atoms in total. The lowest BCUT2D eigenvalue weighted by Crippen LogP contribution is -2.35. The van der Waals surface area contributed by atoms with E-state index in [-0.39, 0.29) is 0 Å². The summed E-state index contributed by atoms with van der Waals surface area (Å²) in [6.07, 6.45) is 14.7. The molecule has 2 aliphatic rings. The Hall–Kier alpha value is -2.80. The molecule has 0 atom stereocenters. The summed E-state index contributed by atoms with van der Waals surface area (Å²) in [6.45, 7) is 1.99. The lowest BCUT2D eigenvalue weighted by molar-refractivity contribution is 0.366. The largest absolute Gasteiger partial charge is 0.356 e. The molecule has 1 saturated heterocycles. The second kappa shape index (κ2) is 7.47.